The summed E-state index contributed by atoms with van der Waals surface area (Å²) in [5.41, 5.74) is 0. The number of methoxy groups -OCH3 is 1. The Morgan fingerprint density at radius 1 is 1.14 bits per heavy atom. The molecule has 1 aromatic carbocycles. The SMILES string of the molecule is COCCN(CCC#N)S(=O)(=O)c1ccccc1S(C)(=O)=O. The van der Waals surface area contributed by atoms with E-state index in [2.05, 4.69) is 0 Å². The Balaban J connectivity index is 3.34. The minimum Gasteiger partial charge on any atom is -0.383 e. The van der Waals surface area contributed by atoms with E-state index in [0.717, 1.165) is 10.6 Å². The third-order valence-corrected chi connectivity index (χ3v) is 6.13. The van der Waals surface area contributed by atoms with E-state index in [1.165, 1.54) is 31.4 Å². The quantitative estimate of drug-likeness (QED) is 0.684. The van der Waals surface area contributed by atoms with Gasteiger partial charge in [-0.15, -0.1) is 0 Å². The van der Waals surface area contributed by atoms with E-state index in [1.54, 1.807) is 0 Å². The van der Waals surface area contributed by atoms with Crippen LogP contribution >= 0.6 is 0 Å². The van der Waals surface area contributed by atoms with Crippen LogP contribution in [0.25, 0.3) is 0 Å². The Morgan fingerprint density at radius 3 is 2.23 bits per heavy atom. The van der Waals surface area contributed by atoms with Gasteiger partial charge >= 0.3 is 0 Å². The van der Waals surface area contributed by atoms with Crippen LogP contribution in [0.3, 0.4) is 0 Å². The van der Waals surface area contributed by atoms with Gasteiger partial charge in [-0.05, 0) is 12.1 Å². The molecular formula is C13H18N2O5S2. The molecule has 1 rings (SSSR count). The van der Waals surface area contributed by atoms with Gasteiger partial charge in [-0.25, -0.2) is 16.8 Å². The predicted molar refractivity (Wildman–Crippen MR) is 80.4 cm³/mol. The summed E-state index contributed by atoms with van der Waals surface area (Å²) in [5.74, 6) is 0. The van der Waals surface area contributed by atoms with Gasteiger partial charge in [0.05, 0.1) is 17.6 Å². The van der Waals surface area contributed by atoms with Crippen LogP contribution in [0.2, 0.25) is 0 Å². The zero-order valence-corrected chi connectivity index (χ0v) is 14.0. The van der Waals surface area contributed by atoms with Gasteiger partial charge in [0.25, 0.3) is 0 Å². The summed E-state index contributed by atoms with van der Waals surface area (Å²) in [6.45, 7) is 0.157. The van der Waals surface area contributed by atoms with Gasteiger partial charge in [-0.1, -0.05) is 12.1 Å². The monoisotopic (exact) mass is 346 g/mol. The molecule has 0 saturated heterocycles. The molecule has 0 heterocycles. The molecule has 0 aliphatic rings. The second-order valence-corrected chi connectivity index (χ2v) is 8.41. The fourth-order valence-corrected chi connectivity index (χ4v) is 4.86. The van der Waals surface area contributed by atoms with Crippen LogP contribution in [0.15, 0.2) is 34.1 Å². The molecule has 0 spiro atoms. The number of nitriles is 1. The third kappa shape index (κ3) is 4.51. The molecule has 1 aromatic rings. The van der Waals surface area contributed by atoms with Crippen molar-refractivity contribution < 1.29 is 21.6 Å². The first kappa shape index (κ1) is 18.6. The van der Waals surface area contributed by atoms with E-state index in [-0.39, 0.29) is 35.9 Å². The molecule has 122 valence electrons. The predicted octanol–water partition coefficient (Wildman–Crippen LogP) is 0.641. The van der Waals surface area contributed by atoms with Gasteiger partial charge in [0, 0.05) is 32.9 Å². The molecule has 0 bridgehead atoms. The molecule has 0 atom stereocenters. The molecule has 0 aliphatic heterocycles. The fourth-order valence-electron chi connectivity index (χ4n) is 1.83. The van der Waals surface area contributed by atoms with Gasteiger partial charge in [-0.2, -0.15) is 9.57 Å². The van der Waals surface area contributed by atoms with Crippen molar-refractivity contribution in [3.8, 4) is 6.07 Å². The molecule has 0 N–H and O–H groups in total. The van der Waals surface area contributed by atoms with E-state index in [0.29, 0.717) is 0 Å². The molecule has 0 unspecified atom stereocenters. The highest BCUT2D eigenvalue weighted by atomic mass is 32.2. The molecule has 0 aromatic heterocycles. The lowest BCUT2D eigenvalue weighted by Crippen LogP contribution is -2.35. The summed E-state index contributed by atoms with van der Waals surface area (Å²) in [6, 6.07) is 7.30. The zero-order valence-electron chi connectivity index (χ0n) is 12.4. The van der Waals surface area contributed by atoms with E-state index in [1.807, 2.05) is 6.07 Å². The Hall–Kier alpha value is -1.47. The molecule has 0 aliphatic carbocycles. The molecular weight excluding hydrogens is 328 g/mol. The van der Waals surface area contributed by atoms with E-state index >= 15 is 0 Å². The second kappa shape index (κ2) is 7.69. The summed E-state index contributed by atoms with van der Waals surface area (Å²) in [7, 11) is -6.30. The highest BCUT2D eigenvalue weighted by Crippen LogP contribution is 2.24. The van der Waals surface area contributed by atoms with E-state index in [4.69, 9.17) is 10.00 Å². The average molecular weight is 346 g/mol. The average Bonchev–Trinajstić information content (AvgIpc) is 2.46. The van der Waals surface area contributed by atoms with E-state index < -0.39 is 19.9 Å². The Labute approximate surface area is 131 Å². The first-order valence-electron chi connectivity index (χ1n) is 6.40. The summed E-state index contributed by atoms with van der Waals surface area (Å²) in [6.07, 6.45) is 0.958. The highest BCUT2D eigenvalue weighted by molar-refractivity contribution is 7.93. The summed E-state index contributed by atoms with van der Waals surface area (Å²) in [5, 5.41) is 8.66. The van der Waals surface area contributed by atoms with Gasteiger partial charge < -0.3 is 4.74 Å². The number of hydrogen-bond donors (Lipinski definition) is 0. The lowest BCUT2D eigenvalue weighted by atomic mass is 10.4. The van der Waals surface area contributed by atoms with Crippen molar-refractivity contribution in [3.05, 3.63) is 24.3 Å². The molecule has 0 amide bonds. The minimum atomic E-state index is -4.04. The van der Waals surface area contributed by atoms with Crippen LogP contribution in [0.5, 0.6) is 0 Å². The molecule has 7 nitrogen and oxygen atoms in total. The molecule has 0 saturated carbocycles. The number of sulfonamides is 1. The maximum atomic E-state index is 12.7. The van der Waals surface area contributed by atoms with Gasteiger partial charge in [0.15, 0.2) is 9.84 Å². The Kier molecular flexibility index (Phi) is 6.49. The van der Waals surface area contributed by atoms with Crippen molar-refractivity contribution in [1.29, 1.82) is 5.26 Å². The minimum absolute atomic E-state index is 0.00395. The summed E-state index contributed by atoms with van der Waals surface area (Å²) >= 11 is 0. The highest BCUT2D eigenvalue weighted by Gasteiger charge is 2.29. The van der Waals surface area contributed by atoms with Crippen LogP contribution in [0, 0.1) is 11.3 Å². The zero-order chi connectivity index (χ0) is 16.8. The van der Waals surface area contributed by atoms with Crippen molar-refractivity contribution in [2.75, 3.05) is 33.1 Å². The molecule has 9 heteroatoms. The first-order valence-corrected chi connectivity index (χ1v) is 9.73. The standard InChI is InChI=1S/C13H18N2O5S2/c1-20-11-10-15(9-5-8-14)22(18,19)13-7-4-3-6-12(13)21(2,16)17/h3-4,6-7H,5,9-11H2,1-2H3. The third-order valence-electron chi connectivity index (χ3n) is 2.88. The largest absolute Gasteiger partial charge is 0.383 e. The van der Waals surface area contributed by atoms with Crippen molar-refractivity contribution in [3.63, 3.8) is 0 Å². The van der Waals surface area contributed by atoms with Crippen molar-refractivity contribution in [1.82, 2.24) is 4.31 Å². The van der Waals surface area contributed by atoms with Crippen LogP contribution in [0.4, 0.5) is 0 Å². The van der Waals surface area contributed by atoms with Crippen LogP contribution in [0.1, 0.15) is 6.42 Å². The summed E-state index contributed by atoms with van der Waals surface area (Å²) < 4.78 is 54.9. The van der Waals surface area contributed by atoms with Crippen LogP contribution in [-0.2, 0) is 24.6 Å². The van der Waals surface area contributed by atoms with Crippen molar-refractivity contribution >= 4 is 19.9 Å². The van der Waals surface area contributed by atoms with Crippen molar-refractivity contribution in [2.24, 2.45) is 0 Å². The lowest BCUT2D eigenvalue weighted by Gasteiger charge is -2.22. The topological polar surface area (TPSA) is 105 Å². The van der Waals surface area contributed by atoms with Crippen molar-refractivity contribution in [2.45, 2.75) is 16.2 Å². The summed E-state index contributed by atoms with van der Waals surface area (Å²) in [4.78, 5) is -0.541. The number of rotatable bonds is 8. The second-order valence-electron chi connectivity index (χ2n) is 4.52. The number of hydrogen-bond acceptors (Lipinski definition) is 6. The molecule has 22 heavy (non-hydrogen) atoms. The van der Waals surface area contributed by atoms with Crippen LogP contribution < -0.4 is 0 Å². The Bertz CT molecular complexity index is 751. The maximum Gasteiger partial charge on any atom is 0.244 e. The lowest BCUT2D eigenvalue weighted by molar-refractivity contribution is 0.179. The smallest absolute Gasteiger partial charge is 0.244 e. The molecule has 0 radical (unpaired) electrons. The van der Waals surface area contributed by atoms with Gasteiger partial charge in [0.1, 0.15) is 4.90 Å². The fraction of sp³-hybridized carbons (Fsp3) is 0.462. The van der Waals surface area contributed by atoms with Gasteiger partial charge in [-0.3, -0.25) is 0 Å². The number of nitrogens with zero attached hydrogens (tertiary/aromatic N) is 2. The van der Waals surface area contributed by atoms with Gasteiger partial charge in [0.2, 0.25) is 10.0 Å². The normalized spacial score (nSPS) is 12.3. The van der Waals surface area contributed by atoms with E-state index in [9.17, 15) is 16.8 Å². The number of ether oxygens (including phenoxy) is 1. The number of benzene rings is 1. The van der Waals surface area contributed by atoms with Crippen LogP contribution in [-0.4, -0.2) is 54.2 Å². The first-order chi connectivity index (χ1) is 10.2. The number of sulfone groups is 1. The Morgan fingerprint density at radius 2 is 1.73 bits per heavy atom. The molecule has 0 fully saturated rings. The maximum absolute atomic E-state index is 12.7.